The Hall–Kier alpha value is -1.04. The van der Waals surface area contributed by atoms with Crippen molar-refractivity contribution in [3.63, 3.8) is 0 Å². The van der Waals surface area contributed by atoms with Crippen LogP contribution in [0.5, 0.6) is 0 Å². The first kappa shape index (κ1) is 10.0. The lowest BCUT2D eigenvalue weighted by Crippen LogP contribution is -2.40. The summed E-state index contributed by atoms with van der Waals surface area (Å²) in [5.41, 5.74) is 0. The molecule has 0 bridgehead atoms. The highest BCUT2D eigenvalue weighted by molar-refractivity contribution is 5.79. The molecule has 1 amide bonds. The van der Waals surface area contributed by atoms with Crippen molar-refractivity contribution in [2.24, 2.45) is 5.92 Å². The molecular formula is C10H16N2O. The Labute approximate surface area is 79.3 Å². The molecule has 3 atom stereocenters. The van der Waals surface area contributed by atoms with E-state index in [-0.39, 0.29) is 18.0 Å². The predicted molar refractivity (Wildman–Crippen MR) is 49.8 cm³/mol. The number of hydrogen-bond donors (Lipinski definition) is 0. The van der Waals surface area contributed by atoms with Gasteiger partial charge in [-0.05, 0) is 19.3 Å². The van der Waals surface area contributed by atoms with Gasteiger partial charge in [0, 0.05) is 12.5 Å². The zero-order chi connectivity index (χ0) is 10.0. The van der Waals surface area contributed by atoms with E-state index in [4.69, 9.17) is 5.26 Å². The summed E-state index contributed by atoms with van der Waals surface area (Å²) >= 11 is 0. The smallest absolute Gasteiger partial charge is 0.224 e. The molecule has 1 saturated heterocycles. The number of carbonyl (C=O) groups is 1. The third kappa shape index (κ3) is 1.67. The van der Waals surface area contributed by atoms with Gasteiger partial charge in [0.15, 0.2) is 0 Å². The van der Waals surface area contributed by atoms with Crippen LogP contribution in [0.2, 0.25) is 0 Å². The Kier molecular flexibility index (Phi) is 2.92. The Bertz CT molecular complexity index is 244. The molecule has 1 aliphatic heterocycles. The quantitative estimate of drug-likeness (QED) is 0.647. The number of likely N-dealkylation sites (tertiary alicyclic amines) is 1. The zero-order valence-corrected chi connectivity index (χ0v) is 8.45. The van der Waals surface area contributed by atoms with Gasteiger partial charge >= 0.3 is 0 Å². The van der Waals surface area contributed by atoms with Crippen molar-refractivity contribution in [3.05, 3.63) is 0 Å². The van der Waals surface area contributed by atoms with Gasteiger partial charge in [0.2, 0.25) is 5.91 Å². The molecule has 0 aliphatic carbocycles. The molecule has 0 aromatic carbocycles. The Morgan fingerprint density at radius 3 is 2.62 bits per heavy atom. The fourth-order valence-electron chi connectivity index (χ4n) is 1.86. The van der Waals surface area contributed by atoms with Gasteiger partial charge in [0.05, 0.1) is 6.07 Å². The normalized spacial score (nSPS) is 30.3. The van der Waals surface area contributed by atoms with Crippen LogP contribution in [0.4, 0.5) is 0 Å². The third-order valence-electron chi connectivity index (χ3n) is 2.92. The van der Waals surface area contributed by atoms with Crippen molar-refractivity contribution in [1.29, 1.82) is 5.26 Å². The molecule has 13 heavy (non-hydrogen) atoms. The summed E-state index contributed by atoms with van der Waals surface area (Å²) in [7, 11) is 0. The summed E-state index contributed by atoms with van der Waals surface area (Å²) < 4.78 is 0. The summed E-state index contributed by atoms with van der Waals surface area (Å²) in [4.78, 5) is 13.3. The van der Waals surface area contributed by atoms with Crippen LogP contribution in [0.1, 0.15) is 33.6 Å². The maximum atomic E-state index is 11.5. The minimum Gasteiger partial charge on any atom is -0.324 e. The number of carbonyl (C=O) groups excluding carboxylic acids is 1. The van der Waals surface area contributed by atoms with Crippen molar-refractivity contribution in [2.45, 2.75) is 45.7 Å². The van der Waals surface area contributed by atoms with Crippen molar-refractivity contribution in [1.82, 2.24) is 4.90 Å². The molecular weight excluding hydrogens is 164 g/mol. The first-order chi connectivity index (χ1) is 6.11. The van der Waals surface area contributed by atoms with Gasteiger partial charge in [-0.3, -0.25) is 4.79 Å². The fourth-order valence-corrected chi connectivity index (χ4v) is 1.86. The van der Waals surface area contributed by atoms with Crippen LogP contribution in [0.15, 0.2) is 0 Å². The number of nitrogens with zero attached hydrogens (tertiary/aromatic N) is 2. The van der Waals surface area contributed by atoms with Gasteiger partial charge in [0.1, 0.15) is 6.04 Å². The Balaban J connectivity index is 2.79. The average molecular weight is 180 g/mol. The van der Waals surface area contributed by atoms with Crippen LogP contribution >= 0.6 is 0 Å². The molecule has 3 unspecified atom stereocenters. The van der Waals surface area contributed by atoms with E-state index in [2.05, 4.69) is 13.0 Å². The molecule has 0 aromatic heterocycles. The monoisotopic (exact) mass is 180 g/mol. The lowest BCUT2D eigenvalue weighted by molar-refractivity contribution is -0.130. The van der Waals surface area contributed by atoms with E-state index in [1.165, 1.54) is 0 Å². The molecule has 1 fully saturated rings. The molecule has 1 aliphatic rings. The Morgan fingerprint density at radius 1 is 1.69 bits per heavy atom. The summed E-state index contributed by atoms with van der Waals surface area (Å²) in [6, 6.07) is 2.17. The average Bonchev–Trinajstić information content (AvgIpc) is 2.34. The van der Waals surface area contributed by atoms with Crippen LogP contribution in [0.3, 0.4) is 0 Å². The predicted octanol–water partition coefficient (Wildman–Crippen LogP) is 1.55. The van der Waals surface area contributed by atoms with E-state index < -0.39 is 0 Å². The molecule has 1 heterocycles. The molecule has 0 aromatic rings. The molecule has 0 radical (unpaired) electrons. The largest absolute Gasteiger partial charge is 0.324 e. The van der Waals surface area contributed by atoms with Crippen LogP contribution in [0.25, 0.3) is 0 Å². The number of rotatable bonds is 2. The number of hydrogen-bond acceptors (Lipinski definition) is 2. The summed E-state index contributed by atoms with van der Waals surface area (Å²) in [5, 5.41) is 8.86. The lowest BCUT2D eigenvalue weighted by atomic mass is 10.0. The van der Waals surface area contributed by atoms with E-state index in [9.17, 15) is 4.79 Å². The van der Waals surface area contributed by atoms with E-state index in [0.717, 1.165) is 6.42 Å². The number of amides is 1. The van der Waals surface area contributed by atoms with E-state index in [1.54, 1.807) is 4.90 Å². The van der Waals surface area contributed by atoms with E-state index in [1.807, 2.05) is 13.8 Å². The highest BCUT2D eigenvalue weighted by Gasteiger charge is 2.37. The minimum atomic E-state index is -0.229. The van der Waals surface area contributed by atoms with Gasteiger partial charge in [-0.2, -0.15) is 5.26 Å². The zero-order valence-electron chi connectivity index (χ0n) is 8.45. The number of nitriles is 1. The maximum absolute atomic E-state index is 11.5. The topological polar surface area (TPSA) is 44.1 Å². The van der Waals surface area contributed by atoms with Gasteiger partial charge < -0.3 is 4.90 Å². The molecule has 0 spiro atoms. The molecule has 3 nitrogen and oxygen atoms in total. The second-order valence-corrected chi connectivity index (χ2v) is 3.78. The van der Waals surface area contributed by atoms with Gasteiger partial charge in [-0.15, -0.1) is 0 Å². The van der Waals surface area contributed by atoms with Gasteiger partial charge in [0.25, 0.3) is 0 Å². The molecule has 0 N–H and O–H groups in total. The Morgan fingerprint density at radius 2 is 2.31 bits per heavy atom. The second kappa shape index (κ2) is 3.78. The fraction of sp³-hybridized carbons (Fsp3) is 0.800. The molecule has 1 rings (SSSR count). The summed E-state index contributed by atoms with van der Waals surface area (Å²) in [5.74, 6) is 0.517. The molecule has 72 valence electrons. The third-order valence-corrected chi connectivity index (χ3v) is 2.92. The maximum Gasteiger partial charge on any atom is 0.224 e. The standard InChI is InChI=1S/C10H16N2O/c1-4-9(6-11)12-8(3)7(2)5-10(12)13/h7-9H,4-5H2,1-3H3. The SMILES string of the molecule is CCC(C#N)N1C(=O)CC(C)C1C. The van der Waals surface area contributed by atoms with Crippen LogP contribution in [-0.2, 0) is 4.79 Å². The summed E-state index contributed by atoms with van der Waals surface area (Å²) in [6.45, 7) is 6.03. The van der Waals surface area contributed by atoms with E-state index in [0.29, 0.717) is 12.3 Å². The minimum absolute atomic E-state index is 0.133. The van der Waals surface area contributed by atoms with Gasteiger partial charge in [-0.25, -0.2) is 0 Å². The van der Waals surface area contributed by atoms with Crippen LogP contribution in [0, 0.1) is 17.2 Å². The molecule has 0 saturated carbocycles. The van der Waals surface area contributed by atoms with Crippen molar-refractivity contribution in [2.75, 3.05) is 0 Å². The lowest BCUT2D eigenvalue weighted by Gasteiger charge is -2.27. The van der Waals surface area contributed by atoms with Crippen molar-refractivity contribution in [3.8, 4) is 6.07 Å². The van der Waals surface area contributed by atoms with Crippen molar-refractivity contribution >= 4 is 5.91 Å². The highest BCUT2D eigenvalue weighted by Crippen LogP contribution is 2.27. The van der Waals surface area contributed by atoms with Crippen LogP contribution in [-0.4, -0.2) is 22.9 Å². The van der Waals surface area contributed by atoms with E-state index >= 15 is 0 Å². The van der Waals surface area contributed by atoms with Crippen molar-refractivity contribution < 1.29 is 4.79 Å². The molecule has 3 heteroatoms. The van der Waals surface area contributed by atoms with Crippen LogP contribution < -0.4 is 0 Å². The second-order valence-electron chi connectivity index (χ2n) is 3.78. The first-order valence-corrected chi connectivity index (χ1v) is 4.82. The summed E-state index contributed by atoms with van der Waals surface area (Å²) in [6.07, 6.45) is 1.32. The van der Waals surface area contributed by atoms with Gasteiger partial charge in [-0.1, -0.05) is 13.8 Å². The first-order valence-electron chi connectivity index (χ1n) is 4.82. The highest BCUT2D eigenvalue weighted by atomic mass is 16.2.